The molecular formula is C19H23N3O2. The smallest absolute Gasteiger partial charge is 0.230 e. The van der Waals surface area contributed by atoms with E-state index in [1.54, 1.807) is 6.20 Å². The fraction of sp³-hybridized carbons (Fsp3) is 0.474. The van der Waals surface area contributed by atoms with Crippen LogP contribution >= 0.6 is 0 Å². The normalized spacial score (nSPS) is 21.2. The summed E-state index contributed by atoms with van der Waals surface area (Å²) in [5.74, 6) is 2.76. The first-order valence-corrected chi connectivity index (χ1v) is 8.80. The predicted molar refractivity (Wildman–Crippen MR) is 90.9 cm³/mol. The SMILES string of the molecule is O=C(C1CCOc2ccccc21)N1CCC(Cc2ncc[nH]2)CC1. The average molecular weight is 325 g/mol. The van der Waals surface area contributed by atoms with E-state index in [9.17, 15) is 4.79 Å². The number of ether oxygens (including phenoxy) is 1. The van der Waals surface area contributed by atoms with Crippen LogP contribution in [0.1, 0.15) is 36.6 Å². The lowest BCUT2D eigenvalue weighted by atomic mass is 9.89. The average Bonchev–Trinajstić information content (AvgIpc) is 3.14. The molecule has 4 rings (SSSR count). The van der Waals surface area contributed by atoms with Crippen LogP contribution in [0.25, 0.3) is 0 Å². The van der Waals surface area contributed by atoms with E-state index in [0.29, 0.717) is 12.5 Å². The van der Waals surface area contributed by atoms with Crippen molar-refractivity contribution in [3.8, 4) is 5.75 Å². The van der Waals surface area contributed by atoms with E-state index in [0.717, 1.165) is 55.9 Å². The Kier molecular flexibility index (Phi) is 4.24. The number of nitrogens with one attached hydrogen (secondary N) is 1. The number of nitrogens with zero attached hydrogens (tertiary/aromatic N) is 2. The van der Waals surface area contributed by atoms with Gasteiger partial charge in [0, 0.05) is 37.5 Å². The van der Waals surface area contributed by atoms with Gasteiger partial charge in [0.05, 0.1) is 12.5 Å². The topological polar surface area (TPSA) is 58.2 Å². The van der Waals surface area contributed by atoms with Crippen LogP contribution in [0.3, 0.4) is 0 Å². The molecule has 0 radical (unpaired) electrons. The Hall–Kier alpha value is -2.30. The minimum atomic E-state index is -0.0448. The summed E-state index contributed by atoms with van der Waals surface area (Å²) in [6.07, 6.45) is 7.54. The molecule has 1 aromatic heterocycles. The molecule has 1 fully saturated rings. The van der Waals surface area contributed by atoms with Crippen LogP contribution in [0.5, 0.6) is 5.75 Å². The predicted octanol–water partition coefficient (Wildman–Crippen LogP) is 2.76. The Morgan fingerprint density at radius 2 is 2.08 bits per heavy atom. The highest BCUT2D eigenvalue weighted by Crippen LogP contribution is 2.35. The lowest BCUT2D eigenvalue weighted by Gasteiger charge is -2.35. The van der Waals surface area contributed by atoms with Crippen molar-refractivity contribution in [1.82, 2.24) is 14.9 Å². The van der Waals surface area contributed by atoms with Crippen molar-refractivity contribution in [3.63, 3.8) is 0 Å². The second-order valence-corrected chi connectivity index (χ2v) is 6.74. The lowest BCUT2D eigenvalue weighted by Crippen LogP contribution is -2.42. The van der Waals surface area contributed by atoms with Gasteiger partial charge in [-0.15, -0.1) is 0 Å². The number of fused-ring (bicyclic) bond motifs is 1. The Morgan fingerprint density at radius 1 is 1.25 bits per heavy atom. The van der Waals surface area contributed by atoms with Crippen LogP contribution < -0.4 is 4.74 Å². The van der Waals surface area contributed by atoms with Gasteiger partial charge in [0.25, 0.3) is 0 Å². The minimum absolute atomic E-state index is 0.0448. The van der Waals surface area contributed by atoms with Gasteiger partial charge in [-0.3, -0.25) is 4.79 Å². The number of hydrogen-bond donors (Lipinski definition) is 1. The molecular weight excluding hydrogens is 302 g/mol. The molecule has 1 unspecified atom stereocenters. The van der Waals surface area contributed by atoms with Gasteiger partial charge < -0.3 is 14.6 Å². The van der Waals surface area contributed by atoms with Crippen LogP contribution in [0.15, 0.2) is 36.7 Å². The zero-order valence-corrected chi connectivity index (χ0v) is 13.8. The number of carbonyl (C=O) groups is 1. The van der Waals surface area contributed by atoms with Crippen molar-refractivity contribution < 1.29 is 9.53 Å². The van der Waals surface area contributed by atoms with Crippen molar-refractivity contribution in [2.75, 3.05) is 19.7 Å². The molecule has 2 aliphatic heterocycles. The third kappa shape index (κ3) is 3.03. The Labute approximate surface area is 142 Å². The monoisotopic (exact) mass is 325 g/mol. The molecule has 0 aliphatic carbocycles. The first-order valence-electron chi connectivity index (χ1n) is 8.80. The van der Waals surface area contributed by atoms with E-state index in [1.165, 1.54) is 0 Å². The van der Waals surface area contributed by atoms with Crippen LogP contribution in [-0.2, 0) is 11.2 Å². The number of aromatic nitrogens is 2. The summed E-state index contributed by atoms with van der Waals surface area (Å²) in [5, 5.41) is 0. The highest BCUT2D eigenvalue weighted by atomic mass is 16.5. The van der Waals surface area contributed by atoms with Gasteiger partial charge in [0.1, 0.15) is 11.6 Å². The molecule has 5 nitrogen and oxygen atoms in total. The summed E-state index contributed by atoms with van der Waals surface area (Å²) in [7, 11) is 0. The number of hydrogen-bond acceptors (Lipinski definition) is 3. The fourth-order valence-electron chi connectivity index (χ4n) is 3.86. The lowest BCUT2D eigenvalue weighted by molar-refractivity contribution is -0.134. The molecule has 0 spiro atoms. The number of likely N-dealkylation sites (tertiary alicyclic amines) is 1. The highest BCUT2D eigenvalue weighted by Gasteiger charge is 2.32. The quantitative estimate of drug-likeness (QED) is 0.944. The standard InChI is InChI=1S/C19H23N3O2/c23-19(16-7-12-24-17-4-2-1-3-15(16)17)22-10-5-14(6-11-22)13-18-20-8-9-21-18/h1-4,8-9,14,16H,5-7,10-13H2,(H,20,21). The van der Waals surface area contributed by atoms with Gasteiger partial charge >= 0.3 is 0 Å². The van der Waals surface area contributed by atoms with Crippen LogP contribution in [0, 0.1) is 5.92 Å². The fourth-order valence-corrected chi connectivity index (χ4v) is 3.86. The maximum Gasteiger partial charge on any atom is 0.230 e. The number of amides is 1. The minimum Gasteiger partial charge on any atom is -0.493 e. The number of carbonyl (C=O) groups excluding carboxylic acids is 1. The first kappa shape index (κ1) is 15.2. The largest absolute Gasteiger partial charge is 0.493 e. The molecule has 2 aromatic rings. The summed E-state index contributed by atoms with van der Waals surface area (Å²) in [4.78, 5) is 22.5. The molecule has 0 bridgehead atoms. The molecule has 126 valence electrons. The Balaban J connectivity index is 1.38. The van der Waals surface area contributed by atoms with Crippen molar-refractivity contribution in [3.05, 3.63) is 48.0 Å². The maximum absolute atomic E-state index is 13.0. The second kappa shape index (κ2) is 6.67. The number of benzene rings is 1. The van der Waals surface area contributed by atoms with Gasteiger partial charge in [-0.1, -0.05) is 18.2 Å². The van der Waals surface area contributed by atoms with Crippen LogP contribution in [-0.4, -0.2) is 40.5 Å². The molecule has 3 heterocycles. The number of imidazole rings is 1. The van der Waals surface area contributed by atoms with Crippen molar-refractivity contribution >= 4 is 5.91 Å². The van der Waals surface area contributed by atoms with E-state index in [4.69, 9.17) is 4.74 Å². The summed E-state index contributed by atoms with van der Waals surface area (Å²) in [5.41, 5.74) is 1.05. The molecule has 0 saturated carbocycles. The summed E-state index contributed by atoms with van der Waals surface area (Å²) in [6, 6.07) is 7.94. The maximum atomic E-state index is 13.0. The summed E-state index contributed by atoms with van der Waals surface area (Å²) < 4.78 is 5.69. The van der Waals surface area contributed by atoms with E-state index in [-0.39, 0.29) is 11.8 Å². The van der Waals surface area contributed by atoms with E-state index >= 15 is 0 Å². The highest BCUT2D eigenvalue weighted by molar-refractivity contribution is 5.85. The summed E-state index contributed by atoms with van der Waals surface area (Å²) in [6.45, 7) is 2.33. The van der Waals surface area contributed by atoms with Gasteiger partial charge in [0.15, 0.2) is 0 Å². The van der Waals surface area contributed by atoms with Gasteiger partial charge in [-0.2, -0.15) is 0 Å². The number of aromatic amines is 1. The molecule has 1 N–H and O–H groups in total. The van der Waals surface area contributed by atoms with Gasteiger partial charge in [0.2, 0.25) is 5.91 Å². The second-order valence-electron chi connectivity index (χ2n) is 6.74. The molecule has 1 aromatic carbocycles. The Bertz CT molecular complexity index is 690. The number of piperidine rings is 1. The molecule has 1 amide bonds. The van der Waals surface area contributed by atoms with Crippen molar-refractivity contribution in [2.24, 2.45) is 5.92 Å². The first-order chi connectivity index (χ1) is 11.8. The molecule has 24 heavy (non-hydrogen) atoms. The number of H-pyrrole nitrogens is 1. The third-order valence-electron chi connectivity index (χ3n) is 5.22. The van der Waals surface area contributed by atoms with Gasteiger partial charge in [-0.25, -0.2) is 4.98 Å². The number of para-hydroxylation sites is 1. The molecule has 5 heteroatoms. The van der Waals surface area contributed by atoms with Crippen molar-refractivity contribution in [1.29, 1.82) is 0 Å². The zero-order valence-electron chi connectivity index (χ0n) is 13.8. The van der Waals surface area contributed by atoms with Gasteiger partial charge in [-0.05, 0) is 31.2 Å². The van der Waals surface area contributed by atoms with Crippen LogP contribution in [0.2, 0.25) is 0 Å². The summed E-state index contributed by atoms with van der Waals surface area (Å²) >= 11 is 0. The van der Waals surface area contributed by atoms with E-state index < -0.39 is 0 Å². The third-order valence-corrected chi connectivity index (χ3v) is 5.22. The molecule has 2 aliphatic rings. The Morgan fingerprint density at radius 3 is 2.88 bits per heavy atom. The number of rotatable bonds is 3. The van der Waals surface area contributed by atoms with Crippen LogP contribution in [0.4, 0.5) is 0 Å². The molecule has 1 atom stereocenters. The zero-order chi connectivity index (χ0) is 16.4. The molecule has 1 saturated heterocycles. The van der Waals surface area contributed by atoms with E-state index in [2.05, 4.69) is 9.97 Å². The van der Waals surface area contributed by atoms with Crippen molar-refractivity contribution in [2.45, 2.75) is 31.6 Å². The van der Waals surface area contributed by atoms with E-state index in [1.807, 2.05) is 35.4 Å².